The molecule has 1 aromatic rings. The molecule has 0 aromatic carbocycles. The number of ether oxygens (including phenoxy) is 1. The van der Waals surface area contributed by atoms with Crippen LogP contribution in [0.2, 0.25) is 0 Å². The SMILES string of the molecule is COc1ccc(=N)n(C)c1. The Labute approximate surface area is 59.4 Å². The van der Waals surface area contributed by atoms with E-state index < -0.39 is 0 Å². The third kappa shape index (κ3) is 1.18. The summed E-state index contributed by atoms with van der Waals surface area (Å²) in [6, 6.07) is 3.46. The van der Waals surface area contributed by atoms with E-state index in [1.807, 2.05) is 7.05 Å². The van der Waals surface area contributed by atoms with Gasteiger partial charge in [0, 0.05) is 13.2 Å². The molecule has 0 atom stereocenters. The maximum Gasteiger partial charge on any atom is 0.135 e. The third-order valence-electron chi connectivity index (χ3n) is 1.34. The molecule has 1 aromatic heterocycles. The Kier molecular flexibility index (Phi) is 1.76. The second-order valence-corrected chi connectivity index (χ2v) is 2.07. The Morgan fingerprint density at radius 2 is 2.20 bits per heavy atom. The van der Waals surface area contributed by atoms with Gasteiger partial charge in [-0.15, -0.1) is 0 Å². The van der Waals surface area contributed by atoms with Crippen molar-refractivity contribution in [2.45, 2.75) is 0 Å². The van der Waals surface area contributed by atoms with E-state index in [0.717, 1.165) is 5.75 Å². The maximum absolute atomic E-state index is 7.30. The summed E-state index contributed by atoms with van der Waals surface area (Å²) < 4.78 is 6.64. The molecule has 10 heavy (non-hydrogen) atoms. The summed E-state index contributed by atoms with van der Waals surface area (Å²) >= 11 is 0. The lowest BCUT2D eigenvalue weighted by molar-refractivity contribution is 0.409. The minimum absolute atomic E-state index is 0.473. The first-order valence-electron chi connectivity index (χ1n) is 2.99. The van der Waals surface area contributed by atoms with Gasteiger partial charge in [-0.05, 0) is 12.1 Å². The van der Waals surface area contributed by atoms with E-state index in [1.54, 1.807) is 30.0 Å². The summed E-state index contributed by atoms with van der Waals surface area (Å²) in [5.41, 5.74) is 0.473. The van der Waals surface area contributed by atoms with Gasteiger partial charge in [-0.3, -0.25) is 5.41 Å². The zero-order chi connectivity index (χ0) is 7.56. The Morgan fingerprint density at radius 1 is 1.50 bits per heavy atom. The van der Waals surface area contributed by atoms with E-state index in [4.69, 9.17) is 10.1 Å². The van der Waals surface area contributed by atoms with Gasteiger partial charge >= 0.3 is 0 Å². The predicted octanol–water partition coefficient (Wildman–Crippen LogP) is 0.513. The summed E-state index contributed by atoms with van der Waals surface area (Å²) in [4.78, 5) is 0. The Hall–Kier alpha value is -1.25. The number of hydrogen-bond acceptors (Lipinski definition) is 2. The first-order chi connectivity index (χ1) is 4.74. The highest BCUT2D eigenvalue weighted by Gasteiger charge is 1.88. The average molecular weight is 138 g/mol. The molecule has 3 heteroatoms. The molecule has 54 valence electrons. The summed E-state index contributed by atoms with van der Waals surface area (Å²) in [7, 11) is 3.42. The van der Waals surface area contributed by atoms with Crippen LogP contribution in [0.3, 0.4) is 0 Å². The molecule has 0 saturated carbocycles. The molecule has 0 unspecified atom stereocenters. The van der Waals surface area contributed by atoms with Crippen molar-refractivity contribution in [3.63, 3.8) is 0 Å². The van der Waals surface area contributed by atoms with Crippen LogP contribution in [-0.4, -0.2) is 11.7 Å². The first-order valence-corrected chi connectivity index (χ1v) is 2.99. The topological polar surface area (TPSA) is 38.0 Å². The Balaban J connectivity index is 3.17. The molecule has 0 spiro atoms. The fraction of sp³-hybridized carbons (Fsp3) is 0.286. The van der Waals surface area contributed by atoms with Crippen LogP contribution in [0.25, 0.3) is 0 Å². The molecule has 1 N–H and O–H groups in total. The monoisotopic (exact) mass is 138 g/mol. The molecule has 0 aliphatic carbocycles. The van der Waals surface area contributed by atoms with Gasteiger partial charge in [-0.1, -0.05) is 0 Å². The molecular weight excluding hydrogens is 128 g/mol. The van der Waals surface area contributed by atoms with Crippen molar-refractivity contribution in [3.05, 3.63) is 23.8 Å². The molecule has 0 fully saturated rings. The van der Waals surface area contributed by atoms with Crippen molar-refractivity contribution in [2.75, 3.05) is 7.11 Å². The van der Waals surface area contributed by atoms with Crippen LogP contribution in [0.4, 0.5) is 0 Å². The molecule has 0 saturated heterocycles. The van der Waals surface area contributed by atoms with E-state index in [0.29, 0.717) is 5.49 Å². The molecule has 3 nitrogen and oxygen atoms in total. The number of nitrogens with one attached hydrogen (secondary N) is 1. The normalized spacial score (nSPS) is 9.40. The summed E-state index contributed by atoms with van der Waals surface area (Å²) in [6.07, 6.45) is 1.77. The lowest BCUT2D eigenvalue weighted by atomic mass is 10.4. The molecule has 1 rings (SSSR count). The molecule has 0 bridgehead atoms. The standard InChI is InChI=1S/C7H10N2O/c1-9-5-6(10-2)3-4-7(9)8/h3-5,8H,1-2H3. The van der Waals surface area contributed by atoms with Crippen LogP contribution in [0.5, 0.6) is 5.75 Å². The predicted molar refractivity (Wildman–Crippen MR) is 37.8 cm³/mol. The average Bonchev–Trinajstić information content (AvgIpc) is 1.95. The molecule has 0 aliphatic rings. The van der Waals surface area contributed by atoms with Crippen LogP contribution in [-0.2, 0) is 7.05 Å². The largest absolute Gasteiger partial charge is 0.495 e. The number of pyridine rings is 1. The van der Waals surface area contributed by atoms with Crippen molar-refractivity contribution >= 4 is 0 Å². The van der Waals surface area contributed by atoms with E-state index in [1.165, 1.54) is 0 Å². The van der Waals surface area contributed by atoms with Crippen molar-refractivity contribution < 1.29 is 4.74 Å². The summed E-state index contributed by atoms with van der Waals surface area (Å²) in [6.45, 7) is 0. The van der Waals surface area contributed by atoms with Gasteiger partial charge in [0.15, 0.2) is 0 Å². The fourth-order valence-electron chi connectivity index (χ4n) is 0.703. The molecule has 0 radical (unpaired) electrons. The zero-order valence-electron chi connectivity index (χ0n) is 6.09. The van der Waals surface area contributed by atoms with Crippen LogP contribution < -0.4 is 10.2 Å². The second-order valence-electron chi connectivity index (χ2n) is 2.07. The van der Waals surface area contributed by atoms with Crippen molar-refractivity contribution in [1.29, 1.82) is 5.41 Å². The van der Waals surface area contributed by atoms with Gasteiger partial charge in [-0.25, -0.2) is 0 Å². The lowest BCUT2D eigenvalue weighted by Gasteiger charge is -2.01. The van der Waals surface area contributed by atoms with Crippen molar-refractivity contribution in [2.24, 2.45) is 7.05 Å². The number of aryl methyl sites for hydroxylation is 1. The minimum atomic E-state index is 0.473. The van der Waals surface area contributed by atoms with Crippen LogP contribution in [0.15, 0.2) is 18.3 Å². The van der Waals surface area contributed by atoms with Gasteiger partial charge in [0.2, 0.25) is 0 Å². The lowest BCUT2D eigenvalue weighted by Crippen LogP contribution is -2.14. The number of rotatable bonds is 1. The van der Waals surface area contributed by atoms with Gasteiger partial charge in [0.05, 0.1) is 7.11 Å². The van der Waals surface area contributed by atoms with Crippen LogP contribution in [0.1, 0.15) is 0 Å². The number of methoxy groups -OCH3 is 1. The Bertz CT molecular complexity index is 277. The van der Waals surface area contributed by atoms with Crippen LogP contribution in [0, 0.1) is 5.41 Å². The summed E-state index contributed by atoms with van der Waals surface area (Å²) in [5.74, 6) is 0.776. The van der Waals surface area contributed by atoms with E-state index in [9.17, 15) is 0 Å². The molecule has 0 amide bonds. The van der Waals surface area contributed by atoms with Crippen LogP contribution >= 0.6 is 0 Å². The maximum atomic E-state index is 7.30. The van der Waals surface area contributed by atoms with E-state index in [-0.39, 0.29) is 0 Å². The van der Waals surface area contributed by atoms with Crippen molar-refractivity contribution in [1.82, 2.24) is 4.57 Å². The smallest absolute Gasteiger partial charge is 0.135 e. The first kappa shape index (κ1) is 6.86. The number of nitrogens with zero attached hydrogens (tertiary/aromatic N) is 1. The quantitative estimate of drug-likeness (QED) is 0.603. The fourth-order valence-corrected chi connectivity index (χ4v) is 0.703. The van der Waals surface area contributed by atoms with Crippen molar-refractivity contribution in [3.8, 4) is 5.75 Å². The molecule has 0 aliphatic heterocycles. The van der Waals surface area contributed by atoms with E-state index >= 15 is 0 Å². The van der Waals surface area contributed by atoms with Gasteiger partial charge in [-0.2, -0.15) is 0 Å². The molecular formula is C7H10N2O. The highest BCUT2D eigenvalue weighted by atomic mass is 16.5. The molecule has 1 heterocycles. The zero-order valence-corrected chi connectivity index (χ0v) is 6.09. The van der Waals surface area contributed by atoms with E-state index in [2.05, 4.69) is 0 Å². The highest BCUT2D eigenvalue weighted by Crippen LogP contribution is 2.02. The number of aromatic nitrogens is 1. The highest BCUT2D eigenvalue weighted by molar-refractivity contribution is 5.15. The van der Waals surface area contributed by atoms with Gasteiger partial charge in [0.1, 0.15) is 11.2 Å². The summed E-state index contributed by atoms with van der Waals surface area (Å²) in [5, 5.41) is 7.30. The second kappa shape index (κ2) is 2.56. The van der Waals surface area contributed by atoms with Gasteiger partial charge in [0.25, 0.3) is 0 Å². The number of hydrogen-bond donors (Lipinski definition) is 1. The minimum Gasteiger partial charge on any atom is -0.495 e. The third-order valence-corrected chi connectivity index (χ3v) is 1.34. The van der Waals surface area contributed by atoms with Gasteiger partial charge < -0.3 is 9.30 Å². The Morgan fingerprint density at radius 3 is 2.70 bits per heavy atom.